The molecule has 4 N–H and O–H groups in total. The maximum Gasteiger partial charge on any atom is 0.237 e. The fourth-order valence-corrected chi connectivity index (χ4v) is 6.62. The zero-order valence-electron chi connectivity index (χ0n) is 21.4. The summed E-state index contributed by atoms with van der Waals surface area (Å²) < 4.78 is 47.8. The second-order valence-electron chi connectivity index (χ2n) is 9.71. The lowest BCUT2D eigenvalue weighted by molar-refractivity contribution is 0.310. The molecule has 0 aliphatic carbocycles. The minimum Gasteiger partial charge on any atom is -0.474 e. The number of pyridine rings is 1. The van der Waals surface area contributed by atoms with E-state index < -0.39 is 15.8 Å². The number of nitrogens with one attached hydrogen (secondary N) is 2. The van der Waals surface area contributed by atoms with Gasteiger partial charge in [-0.2, -0.15) is 0 Å². The Morgan fingerprint density at radius 3 is 2.67 bits per heavy atom. The molecule has 0 unspecified atom stereocenters. The van der Waals surface area contributed by atoms with Gasteiger partial charge < -0.3 is 21.1 Å². The highest BCUT2D eigenvalue weighted by Gasteiger charge is 2.25. The molecule has 4 aromatic rings. The molecule has 39 heavy (non-hydrogen) atoms. The van der Waals surface area contributed by atoms with E-state index in [4.69, 9.17) is 10.5 Å². The summed E-state index contributed by atoms with van der Waals surface area (Å²) in [6.45, 7) is 4.21. The molecule has 2 aliphatic heterocycles. The molecule has 4 heterocycles. The number of nitrogens with zero attached hydrogens (tertiary/aromatic N) is 4. The highest BCUT2D eigenvalue weighted by molar-refractivity contribution is 7.88. The van der Waals surface area contributed by atoms with Crippen LogP contribution in [0.2, 0.25) is 0 Å². The fraction of sp³-hybridized carbons (Fsp3) is 0.296. The number of hydrogen-bond acceptors (Lipinski definition) is 9. The van der Waals surface area contributed by atoms with Gasteiger partial charge in [-0.3, -0.25) is 0 Å². The molecular weight excluding hydrogens is 521 g/mol. The SMILES string of the molecule is Cc1c(-c2cc3nc(Nc4ccc(CS(=O)(=O)N5CCCC5)cc4)ncc3c(N)c2F)cnc2c1NCCO2. The average Bonchev–Trinajstić information content (AvgIpc) is 3.49. The molecule has 2 aliphatic rings. The van der Waals surface area contributed by atoms with E-state index in [1.54, 1.807) is 40.8 Å². The van der Waals surface area contributed by atoms with Crippen molar-refractivity contribution in [3.63, 3.8) is 0 Å². The molecule has 2 aromatic heterocycles. The number of anilines is 4. The van der Waals surface area contributed by atoms with Gasteiger partial charge in [0, 0.05) is 54.2 Å². The van der Waals surface area contributed by atoms with Gasteiger partial charge in [0.05, 0.1) is 17.0 Å². The number of halogens is 1. The van der Waals surface area contributed by atoms with Crippen LogP contribution in [0.25, 0.3) is 22.0 Å². The molecule has 12 heteroatoms. The van der Waals surface area contributed by atoms with Crippen LogP contribution in [0.5, 0.6) is 5.88 Å². The van der Waals surface area contributed by atoms with E-state index in [9.17, 15) is 8.42 Å². The van der Waals surface area contributed by atoms with Crippen molar-refractivity contribution < 1.29 is 17.5 Å². The van der Waals surface area contributed by atoms with Crippen molar-refractivity contribution in [3.05, 3.63) is 59.7 Å². The van der Waals surface area contributed by atoms with E-state index in [1.165, 1.54) is 6.20 Å². The van der Waals surface area contributed by atoms with E-state index in [-0.39, 0.29) is 17.0 Å². The fourth-order valence-electron chi connectivity index (χ4n) is 5.01. The quantitative estimate of drug-likeness (QED) is 0.303. The smallest absolute Gasteiger partial charge is 0.237 e. The molecule has 0 saturated carbocycles. The summed E-state index contributed by atoms with van der Waals surface area (Å²) in [5.74, 6) is 0.191. The molecule has 0 spiro atoms. The molecule has 6 rings (SSSR count). The topological polar surface area (TPSA) is 135 Å². The summed E-state index contributed by atoms with van der Waals surface area (Å²) in [4.78, 5) is 13.2. The molecular formula is C27H28FN7O3S. The molecule has 0 radical (unpaired) electrons. The molecule has 2 aromatic carbocycles. The Morgan fingerprint density at radius 2 is 1.90 bits per heavy atom. The second-order valence-corrected chi connectivity index (χ2v) is 11.7. The number of fused-ring (bicyclic) bond motifs is 2. The first-order chi connectivity index (χ1) is 18.8. The Labute approximate surface area is 225 Å². The van der Waals surface area contributed by atoms with Gasteiger partial charge in [0.1, 0.15) is 12.3 Å². The van der Waals surface area contributed by atoms with Crippen LogP contribution in [0.15, 0.2) is 42.7 Å². The molecule has 0 bridgehead atoms. The monoisotopic (exact) mass is 549 g/mol. The van der Waals surface area contributed by atoms with Gasteiger partial charge in [-0.15, -0.1) is 0 Å². The number of sulfonamides is 1. The van der Waals surface area contributed by atoms with Gasteiger partial charge in [-0.1, -0.05) is 12.1 Å². The van der Waals surface area contributed by atoms with Crippen molar-refractivity contribution in [2.24, 2.45) is 0 Å². The predicted octanol–water partition coefficient (Wildman–Crippen LogP) is 4.20. The van der Waals surface area contributed by atoms with E-state index in [0.717, 1.165) is 24.1 Å². The van der Waals surface area contributed by atoms with Crippen LogP contribution in [0.3, 0.4) is 0 Å². The largest absolute Gasteiger partial charge is 0.474 e. The van der Waals surface area contributed by atoms with Crippen molar-refractivity contribution >= 4 is 43.9 Å². The third kappa shape index (κ3) is 4.81. The van der Waals surface area contributed by atoms with Crippen molar-refractivity contribution in [2.75, 3.05) is 42.6 Å². The Hall–Kier alpha value is -4.03. The van der Waals surface area contributed by atoms with Gasteiger partial charge >= 0.3 is 0 Å². The molecule has 202 valence electrons. The van der Waals surface area contributed by atoms with Crippen LogP contribution in [0, 0.1) is 12.7 Å². The normalized spacial score (nSPS) is 15.5. The van der Waals surface area contributed by atoms with Gasteiger partial charge in [0.25, 0.3) is 0 Å². The third-order valence-electron chi connectivity index (χ3n) is 7.12. The Balaban J connectivity index is 1.27. The number of hydrogen-bond donors (Lipinski definition) is 3. The van der Waals surface area contributed by atoms with Crippen LogP contribution in [-0.4, -0.2) is 53.9 Å². The highest BCUT2D eigenvalue weighted by atomic mass is 32.2. The van der Waals surface area contributed by atoms with E-state index in [2.05, 4.69) is 25.6 Å². The van der Waals surface area contributed by atoms with Crippen molar-refractivity contribution in [2.45, 2.75) is 25.5 Å². The number of nitrogen functional groups attached to an aromatic ring is 1. The van der Waals surface area contributed by atoms with Gasteiger partial charge in [-0.25, -0.2) is 32.1 Å². The van der Waals surface area contributed by atoms with Gasteiger partial charge in [0.15, 0.2) is 5.82 Å². The van der Waals surface area contributed by atoms with E-state index in [0.29, 0.717) is 65.8 Å². The first-order valence-electron chi connectivity index (χ1n) is 12.8. The van der Waals surface area contributed by atoms with E-state index in [1.807, 2.05) is 6.92 Å². The number of ether oxygens (including phenoxy) is 1. The lowest BCUT2D eigenvalue weighted by Crippen LogP contribution is -2.29. The van der Waals surface area contributed by atoms with Crippen LogP contribution >= 0.6 is 0 Å². The minimum absolute atomic E-state index is 0.0357. The summed E-state index contributed by atoms with van der Waals surface area (Å²) in [5, 5.41) is 6.80. The zero-order valence-corrected chi connectivity index (χ0v) is 22.2. The minimum atomic E-state index is -3.32. The molecule has 0 atom stereocenters. The number of benzene rings is 2. The van der Waals surface area contributed by atoms with Crippen LogP contribution in [0.4, 0.5) is 27.4 Å². The zero-order chi connectivity index (χ0) is 27.1. The summed E-state index contributed by atoms with van der Waals surface area (Å²) in [6, 6.07) is 8.74. The van der Waals surface area contributed by atoms with Crippen LogP contribution in [0.1, 0.15) is 24.0 Å². The summed E-state index contributed by atoms with van der Waals surface area (Å²) in [5.41, 5.74) is 10.4. The van der Waals surface area contributed by atoms with Crippen LogP contribution in [-0.2, 0) is 15.8 Å². The highest BCUT2D eigenvalue weighted by Crippen LogP contribution is 2.39. The number of aromatic nitrogens is 3. The molecule has 1 saturated heterocycles. The maximum atomic E-state index is 15.4. The first-order valence-corrected chi connectivity index (χ1v) is 14.4. The van der Waals surface area contributed by atoms with E-state index >= 15 is 4.39 Å². The van der Waals surface area contributed by atoms with Crippen molar-refractivity contribution in [3.8, 4) is 17.0 Å². The predicted molar refractivity (Wildman–Crippen MR) is 149 cm³/mol. The standard InChI is InChI=1S/C27H28FN7O3S/c1-16-20(13-31-26-25(16)30-8-11-38-26)19-12-22-21(24(29)23(19)28)14-32-27(34-22)33-18-6-4-17(5-7-18)15-39(36,37)35-9-2-3-10-35/h4-7,12-14,30H,2-3,8-11,15,29H2,1H3,(H,32,33,34). The van der Waals surface area contributed by atoms with Gasteiger partial charge in [-0.05, 0) is 49.1 Å². The Kier molecular flexibility index (Phi) is 6.43. The molecule has 10 nitrogen and oxygen atoms in total. The first kappa shape index (κ1) is 25.3. The van der Waals surface area contributed by atoms with Crippen molar-refractivity contribution in [1.29, 1.82) is 0 Å². The second kappa shape index (κ2) is 9.93. The Bertz CT molecular complexity index is 1670. The van der Waals surface area contributed by atoms with Crippen molar-refractivity contribution in [1.82, 2.24) is 19.3 Å². The summed E-state index contributed by atoms with van der Waals surface area (Å²) in [6.07, 6.45) is 4.88. The average molecular weight is 550 g/mol. The molecule has 1 fully saturated rings. The Morgan fingerprint density at radius 1 is 1.13 bits per heavy atom. The molecule has 0 amide bonds. The lowest BCUT2D eigenvalue weighted by atomic mass is 9.98. The lowest BCUT2D eigenvalue weighted by Gasteiger charge is -2.22. The third-order valence-corrected chi connectivity index (χ3v) is 8.97. The van der Waals surface area contributed by atoms with Gasteiger partial charge in [0.2, 0.25) is 21.9 Å². The van der Waals surface area contributed by atoms with Crippen LogP contribution < -0.4 is 21.1 Å². The number of rotatable bonds is 6. The summed E-state index contributed by atoms with van der Waals surface area (Å²) >= 11 is 0. The summed E-state index contributed by atoms with van der Waals surface area (Å²) in [7, 11) is -3.32. The number of nitrogens with two attached hydrogens (primary N) is 1. The maximum absolute atomic E-state index is 15.4.